The van der Waals surface area contributed by atoms with Crippen molar-refractivity contribution in [2.24, 2.45) is 5.92 Å². The van der Waals surface area contributed by atoms with Crippen LogP contribution in [0.4, 0.5) is 10.1 Å². The van der Waals surface area contributed by atoms with Gasteiger partial charge in [0.05, 0.1) is 4.92 Å². The largest absolute Gasteiger partial charge is 0.304 e. The minimum atomic E-state index is -0.749. The molecular weight excluding hydrogens is 271 g/mol. The minimum absolute atomic E-state index is 0.454. The molecule has 1 fully saturated rings. The lowest BCUT2D eigenvalue weighted by molar-refractivity contribution is -0.387. The summed E-state index contributed by atoms with van der Waals surface area (Å²) in [4.78, 5) is 12.2. The number of nitrogens with zero attached hydrogens (tertiary/aromatic N) is 2. The summed E-state index contributed by atoms with van der Waals surface area (Å²) in [5.74, 6) is 0.104. The molecule has 0 spiro atoms. The van der Waals surface area contributed by atoms with E-state index in [-0.39, 0.29) is 0 Å². The van der Waals surface area contributed by atoms with Gasteiger partial charge in [0.15, 0.2) is 0 Å². The van der Waals surface area contributed by atoms with Gasteiger partial charge in [-0.25, -0.2) is 0 Å². The second-order valence-electron chi connectivity index (χ2n) is 6.04. The van der Waals surface area contributed by atoms with Crippen LogP contribution >= 0.6 is 0 Å². The monoisotopic (exact) mass is 294 g/mol. The first kappa shape index (κ1) is 15.9. The molecule has 116 valence electrons. The van der Waals surface area contributed by atoms with E-state index in [4.69, 9.17) is 0 Å². The topological polar surface area (TPSA) is 46.4 Å². The van der Waals surface area contributed by atoms with Crippen molar-refractivity contribution in [1.82, 2.24) is 4.90 Å². The van der Waals surface area contributed by atoms with E-state index in [1.807, 2.05) is 0 Å². The molecule has 0 aliphatic heterocycles. The summed E-state index contributed by atoms with van der Waals surface area (Å²) in [5, 5.41) is 10.6. The summed E-state index contributed by atoms with van der Waals surface area (Å²) < 4.78 is 13.6. The fourth-order valence-electron chi connectivity index (χ4n) is 3.21. The van der Waals surface area contributed by atoms with Crippen molar-refractivity contribution < 1.29 is 9.31 Å². The molecule has 0 bridgehead atoms. The van der Waals surface area contributed by atoms with Gasteiger partial charge in [-0.2, -0.15) is 4.39 Å². The molecule has 1 aliphatic rings. The zero-order chi connectivity index (χ0) is 15.4. The second-order valence-corrected chi connectivity index (χ2v) is 6.04. The van der Waals surface area contributed by atoms with Crippen LogP contribution in [0.15, 0.2) is 18.2 Å². The molecule has 5 heteroatoms. The van der Waals surface area contributed by atoms with Crippen LogP contribution in [0.5, 0.6) is 0 Å². The van der Waals surface area contributed by atoms with Crippen molar-refractivity contribution in [2.45, 2.75) is 51.6 Å². The van der Waals surface area contributed by atoms with Crippen molar-refractivity contribution in [3.63, 3.8) is 0 Å². The third-order valence-corrected chi connectivity index (χ3v) is 4.66. The molecule has 0 amide bonds. The molecule has 0 unspecified atom stereocenters. The quantitative estimate of drug-likeness (QED) is 0.606. The van der Waals surface area contributed by atoms with E-state index in [1.54, 1.807) is 6.07 Å². The molecule has 0 heterocycles. The number of nitro groups is 1. The van der Waals surface area contributed by atoms with Gasteiger partial charge in [0.25, 0.3) is 0 Å². The first-order valence-electron chi connectivity index (χ1n) is 7.64. The van der Waals surface area contributed by atoms with E-state index in [0.29, 0.717) is 12.6 Å². The van der Waals surface area contributed by atoms with E-state index in [2.05, 4.69) is 18.9 Å². The molecule has 21 heavy (non-hydrogen) atoms. The molecule has 1 aliphatic carbocycles. The molecule has 4 nitrogen and oxygen atoms in total. The molecule has 1 aromatic carbocycles. The van der Waals surface area contributed by atoms with Gasteiger partial charge in [-0.05, 0) is 50.3 Å². The maximum atomic E-state index is 13.6. The molecule has 1 aromatic rings. The van der Waals surface area contributed by atoms with Crippen LogP contribution in [0.25, 0.3) is 0 Å². The summed E-state index contributed by atoms with van der Waals surface area (Å²) in [6.45, 7) is 2.88. The predicted octanol–water partition coefficient (Wildman–Crippen LogP) is 4.13. The Bertz CT molecular complexity index is 499. The molecule has 1 saturated carbocycles. The van der Waals surface area contributed by atoms with Gasteiger partial charge in [-0.3, -0.25) is 15.0 Å². The Hall–Kier alpha value is -1.49. The van der Waals surface area contributed by atoms with Gasteiger partial charge in [0, 0.05) is 18.7 Å². The number of hydrogen-bond acceptors (Lipinski definition) is 3. The highest BCUT2D eigenvalue weighted by Gasteiger charge is 2.23. The zero-order valence-corrected chi connectivity index (χ0v) is 12.7. The van der Waals surface area contributed by atoms with E-state index in [1.165, 1.54) is 44.2 Å². The Morgan fingerprint density at radius 2 is 2.00 bits per heavy atom. The van der Waals surface area contributed by atoms with Crippen LogP contribution in [0.2, 0.25) is 0 Å². The normalized spacial score (nSPS) is 22.5. The third kappa shape index (κ3) is 4.00. The van der Waals surface area contributed by atoms with E-state index < -0.39 is 16.4 Å². The van der Waals surface area contributed by atoms with E-state index in [0.717, 1.165) is 11.5 Å². The minimum Gasteiger partial charge on any atom is -0.299 e. The number of nitro benzene ring substituents is 1. The number of hydrogen-bond donors (Lipinski definition) is 0. The lowest BCUT2D eigenvalue weighted by Gasteiger charge is -2.34. The number of benzene rings is 1. The van der Waals surface area contributed by atoms with Crippen LogP contribution in [0, 0.1) is 21.8 Å². The fraction of sp³-hybridized carbons (Fsp3) is 0.625. The maximum absolute atomic E-state index is 13.6. The number of rotatable bonds is 5. The van der Waals surface area contributed by atoms with Crippen LogP contribution in [0.3, 0.4) is 0 Å². The van der Waals surface area contributed by atoms with Crippen molar-refractivity contribution in [3.05, 3.63) is 39.7 Å². The van der Waals surface area contributed by atoms with Gasteiger partial charge < -0.3 is 0 Å². The average molecular weight is 294 g/mol. The Morgan fingerprint density at radius 1 is 1.33 bits per heavy atom. The Kier molecular flexibility index (Phi) is 5.28. The summed E-state index contributed by atoms with van der Waals surface area (Å²) in [6.07, 6.45) is 6.15. The molecule has 0 saturated heterocycles. The fourth-order valence-corrected chi connectivity index (χ4v) is 3.21. The Balaban J connectivity index is 1.95. The summed E-state index contributed by atoms with van der Waals surface area (Å²) >= 11 is 0. The van der Waals surface area contributed by atoms with Gasteiger partial charge >= 0.3 is 5.69 Å². The third-order valence-electron chi connectivity index (χ3n) is 4.66. The van der Waals surface area contributed by atoms with E-state index >= 15 is 0 Å². The summed E-state index contributed by atoms with van der Waals surface area (Å²) in [5.41, 5.74) is 0.336. The van der Waals surface area contributed by atoms with Crippen molar-refractivity contribution in [1.29, 1.82) is 0 Å². The van der Waals surface area contributed by atoms with Gasteiger partial charge in [-0.1, -0.05) is 19.4 Å². The van der Waals surface area contributed by atoms with Crippen molar-refractivity contribution in [2.75, 3.05) is 7.05 Å². The maximum Gasteiger partial charge on any atom is 0.304 e. The molecule has 2 rings (SSSR count). The highest BCUT2D eigenvalue weighted by Crippen LogP contribution is 2.29. The van der Waals surface area contributed by atoms with Crippen LogP contribution in [0.1, 0.15) is 44.6 Å². The first-order valence-corrected chi connectivity index (χ1v) is 7.64. The second kappa shape index (κ2) is 6.98. The Labute approximate surface area is 125 Å². The summed E-state index contributed by atoms with van der Waals surface area (Å²) in [6, 6.07) is 4.72. The smallest absolute Gasteiger partial charge is 0.299 e. The van der Waals surface area contributed by atoms with Gasteiger partial charge in [0.2, 0.25) is 5.82 Å². The van der Waals surface area contributed by atoms with Crippen molar-refractivity contribution >= 4 is 5.69 Å². The SMILES string of the molecule is CCC1CCC(N(C)Cc2ccc([N+](=O)[O-])c(F)c2)CC1. The lowest BCUT2D eigenvalue weighted by atomic mass is 9.84. The molecule has 0 N–H and O–H groups in total. The van der Waals surface area contributed by atoms with Gasteiger partial charge in [0.1, 0.15) is 0 Å². The lowest BCUT2D eigenvalue weighted by Crippen LogP contribution is -2.34. The zero-order valence-electron chi connectivity index (χ0n) is 12.7. The first-order chi connectivity index (χ1) is 10.0. The van der Waals surface area contributed by atoms with Crippen LogP contribution in [-0.4, -0.2) is 22.9 Å². The molecular formula is C16H23FN2O2. The predicted molar refractivity (Wildman–Crippen MR) is 80.6 cm³/mol. The molecule has 0 aromatic heterocycles. The van der Waals surface area contributed by atoms with Gasteiger partial charge in [-0.15, -0.1) is 0 Å². The highest BCUT2D eigenvalue weighted by molar-refractivity contribution is 5.34. The standard InChI is InChI=1S/C16H23FN2O2/c1-3-12-4-7-14(8-5-12)18(2)11-13-6-9-16(19(20)21)15(17)10-13/h6,9-10,12,14H,3-5,7-8,11H2,1-2H3. The van der Waals surface area contributed by atoms with E-state index in [9.17, 15) is 14.5 Å². The van der Waals surface area contributed by atoms with Crippen LogP contribution < -0.4 is 0 Å². The average Bonchev–Trinajstić information content (AvgIpc) is 2.47. The van der Waals surface area contributed by atoms with Crippen molar-refractivity contribution in [3.8, 4) is 0 Å². The highest BCUT2D eigenvalue weighted by atomic mass is 19.1. The molecule has 0 atom stereocenters. The Morgan fingerprint density at radius 3 is 2.52 bits per heavy atom. The van der Waals surface area contributed by atoms with Crippen LogP contribution in [-0.2, 0) is 6.54 Å². The summed E-state index contributed by atoms with van der Waals surface area (Å²) in [7, 11) is 2.05. The molecule has 0 radical (unpaired) electrons. The number of halogens is 1.